The maximum Gasteiger partial charge on any atom is 1.00 e. The zero-order chi connectivity index (χ0) is 9.56. The molecule has 1 N–H and O–H groups in total. The number of aromatic carboxylic acids is 1. The largest absolute Gasteiger partial charge is 1.00 e. The second-order valence-corrected chi connectivity index (χ2v) is 1.53. The number of carboxylic acid groups (broad SMARTS) is 3. The van der Waals surface area contributed by atoms with E-state index in [4.69, 9.17) is 20.1 Å². The van der Waals surface area contributed by atoms with Crippen LogP contribution in [0.3, 0.4) is 0 Å². The normalized spacial score (nSPS) is 6.86. The molecule has 0 aliphatic heterocycles. The Kier molecular flexibility index (Phi) is 20.2. The molecule has 8 heteroatoms. The minimum Gasteiger partial charge on any atom is -0.652 e. The van der Waals surface area contributed by atoms with Crippen LogP contribution in [0.2, 0.25) is 0 Å². The van der Waals surface area contributed by atoms with Gasteiger partial charge in [0.2, 0.25) is 5.76 Å². The Morgan fingerprint density at radius 3 is 1.86 bits per heavy atom. The van der Waals surface area contributed by atoms with Crippen molar-refractivity contribution in [2.24, 2.45) is 0 Å². The van der Waals surface area contributed by atoms with Crippen molar-refractivity contribution < 1.29 is 167 Å². The van der Waals surface area contributed by atoms with Crippen molar-refractivity contribution in [3.8, 4) is 0 Å². The number of hydrogen-bond acceptors (Lipinski definition) is 5. The van der Waals surface area contributed by atoms with Gasteiger partial charge in [-0.25, -0.2) is 4.79 Å². The van der Waals surface area contributed by atoms with Gasteiger partial charge in [-0.2, -0.15) is 0 Å². The topological polar surface area (TPSA) is 114 Å². The van der Waals surface area contributed by atoms with Crippen LogP contribution in [-0.2, 0) is 0 Å². The molecule has 0 bridgehead atoms. The average Bonchev–Trinajstić information content (AvgIpc) is 2.34. The summed E-state index contributed by atoms with van der Waals surface area (Å²) in [5.41, 5.74) is 0. The van der Waals surface area contributed by atoms with E-state index in [9.17, 15) is 4.79 Å². The molecule has 1 rings (SSSR count). The third-order valence-corrected chi connectivity index (χ3v) is 0.732. The summed E-state index contributed by atoms with van der Waals surface area (Å²) in [6.07, 6.45) is -1.01. The zero-order valence-corrected chi connectivity index (χ0v) is 20.3. The van der Waals surface area contributed by atoms with Gasteiger partial charge in [-0.3, -0.25) is 0 Å². The van der Waals surface area contributed by atoms with Gasteiger partial charge in [0.05, 0.1) is 6.26 Å². The average molecular weight is 438 g/mol. The molecule has 0 radical (unpaired) electrons. The van der Waals surface area contributed by atoms with Crippen molar-refractivity contribution in [1.82, 2.24) is 0 Å². The van der Waals surface area contributed by atoms with Crippen LogP contribution in [0, 0.1) is 0 Å². The number of furan rings is 1. The Hall–Kier alpha value is 2.12. The first-order valence-corrected chi connectivity index (χ1v) is 2.69. The summed E-state index contributed by atoms with van der Waals surface area (Å²) >= 11 is 0. The minimum absolute atomic E-state index is 0. The number of carbonyl (C=O) groups is 2. The van der Waals surface area contributed by atoms with Crippen molar-refractivity contribution in [2.45, 2.75) is 0 Å². The predicted molar refractivity (Wildman–Crippen MR) is 31.1 cm³/mol. The summed E-state index contributed by atoms with van der Waals surface area (Å²) in [5, 5.41) is 24.8. The molecule has 0 amide bonds. The molecule has 0 aromatic carbocycles. The van der Waals surface area contributed by atoms with Crippen LogP contribution in [0.15, 0.2) is 22.8 Å². The van der Waals surface area contributed by atoms with Crippen molar-refractivity contribution in [3.05, 3.63) is 24.2 Å². The molecule has 6 nitrogen and oxygen atoms in total. The van der Waals surface area contributed by atoms with Crippen LogP contribution in [0.1, 0.15) is 10.6 Å². The van der Waals surface area contributed by atoms with E-state index >= 15 is 0 Å². The molecule has 1 heterocycles. The smallest absolute Gasteiger partial charge is 0.652 e. The van der Waals surface area contributed by atoms with E-state index in [1.54, 1.807) is 0 Å². The van der Waals surface area contributed by atoms with Crippen LogP contribution < -0.4 is 148 Å². The fraction of sp³-hybridized carbons (Fsp3) is 0. The number of rotatable bonds is 1. The SMILES string of the molecule is O=C(O)c1ccco1.O=C([O-])[O-].[Cs+].[Cs+]. The van der Waals surface area contributed by atoms with Gasteiger partial charge in [-0.15, -0.1) is 0 Å². The van der Waals surface area contributed by atoms with E-state index in [0.717, 1.165) is 0 Å². The summed E-state index contributed by atoms with van der Waals surface area (Å²) in [7, 11) is 0. The Labute approximate surface area is 197 Å². The van der Waals surface area contributed by atoms with Gasteiger partial charge >= 0.3 is 144 Å². The standard InChI is InChI=1S/C5H4O3.CH2O3.2Cs/c6-5(7)4-2-1-3-8-4;2-1(3)4;;/h1-3H,(H,6,7);(H2,2,3,4);;/q;;2*+1/p-2. The van der Waals surface area contributed by atoms with Crippen LogP contribution in [-0.4, -0.2) is 17.2 Å². The Morgan fingerprint density at radius 1 is 1.29 bits per heavy atom. The van der Waals surface area contributed by atoms with E-state index in [2.05, 4.69) is 4.42 Å². The molecule has 1 aromatic heterocycles. The van der Waals surface area contributed by atoms with Crippen molar-refractivity contribution >= 4 is 12.1 Å². The molecule has 1 aromatic rings. The number of hydrogen-bond donors (Lipinski definition) is 1. The van der Waals surface area contributed by atoms with Gasteiger partial charge in [0.1, 0.15) is 0 Å². The molecule has 0 saturated heterocycles. The fourth-order valence-electron chi connectivity index (χ4n) is 0.400. The monoisotopic (exact) mass is 438 g/mol. The fourth-order valence-corrected chi connectivity index (χ4v) is 0.400. The molecule has 0 atom stereocenters. The quantitative estimate of drug-likeness (QED) is 0.467. The molecular weight excluding hydrogens is 434 g/mol. The molecule has 66 valence electrons. The third kappa shape index (κ3) is 14.1. The molecule has 14 heavy (non-hydrogen) atoms. The molecule has 0 aliphatic rings. The second kappa shape index (κ2) is 13.2. The van der Waals surface area contributed by atoms with Gasteiger partial charge in [0.15, 0.2) is 0 Å². The van der Waals surface area contributed by atoms with Crippen molar-refractivity contribution in [3.63, 3.8) is 0 Å². The first-order chi connectivity index (χ1) is 5.54. The minimum atomic E-state index is -2.33. The van der Waals surface area contributed by atoms with Crippen molar-refractivity contribution in [2.75, 3.05) is 0 Å². The van der Waals surface area contributed by atoms with Crippen LogP contribution in [0.5, 0.6) is 0 Å². The summed E-state index contributed by atoms with van der Waals surface area (Å²) < 4.78 is 4.50. The maximum absolute atomic E-state index is 9.97. The molecule has 0 unspecified atom stereocenters. The van der Waals surface area contributed by atoms with Crippen molar-refractivity contribution in [1.29, 1.82) is 0 Å². The Bertz CT molecular complexity index is 253. The number of carbonyl (C=O) groups excluding carboxylic acids is 1. The summed E-state index contributed by atoms with van der Waals surface area (Å²) in [6, 6.07) is 2.92. The molecular formula is C6H4Cs2O6. The van der Waals surface area contributed by atoms with Crippen LogP contribution in [0.4, 0.5) is 4.79 Å². The maximum atomic E-state index is 9.97. The second-order valence-electron chi connectivity index (χ2n) is 1.53. The van der Waals surface area contributed by atoms with Gasteiger partial charge < -0.3 is 24.5 Å². The Morgan fingerprint density at radius 2 is 1.71 bits per heavy atom. The van der Waals surface area contributed by atoms with E-state index < -0.39 is 12.1 Å². The number of carboxylic acids is 1. The molecule has 0 saturated carbocycles. The van der Waals surface area contributed by atoms with Crippen LogP contribution in [0.25, 0.3) is 0 Å². The first-order valence-electron chi connectivity index (χ1n) is 2.69. The predicted octanol–water partition coefficient (Wildman–Crippen LogP) is -7.46. The van der Waals surface area contributed by atoms with Crippen LogP contribution >= 0.6 is 0 Å². The van der Waals surface area contributed by atoms with Gasteiger partial charge in [0.25, 0.3) is 0 Å². The van der Waals surface area contributed by atoms with Gasteiger partial charge in [0, 0.05) is 0 Å². The first kappa shape index (κ1) is 21.4. The van der Waals surface area contributed by atoms with Gasteiger partial charge in [-0.1, -0.05) is 0 Å². The van der Waals surface area contributed by atoms with E-state index in [1.165, 1.54) is 18.4 Å². The van der Waals surface area contributed by atoms with Gasteiger partial charge in [-0.05, 0) is 18.3 Å². The molecule has 0 spiro atoms. The van der Waals surface area contributed by atoms with E-state index in [0.29, 0.717) is 0 Å². The molecule has 0 aliphatic carbocycles. The summed E-state index contributed by atoms with van der Waals surface area (Å²) in [6.45, 7) is 0. The Balaban J connectivity index is -0.000000180. The summed E-state index contributed by atoms with van der Waals surface area (Å²) in [4.78, 5) is 18.3. The summed E-state index contributed by atoms with van der Waals surface area (Å²) in [5.74, 6) is -1.06. The molecule has 0 fully saturated rings. The van der Waals surface area contributed by atoms with E-state index in [-0.39, 0.29) is 144 Å². The zero-order valence-electron chi connectivity index (χ0n) is 7.72. The van der Waals surface area contributed by atoms with E-state index in [1.807, 2.05) is 0 Å². The third-order valence-electron chi connectivity index (χ3n) is 0.732.